The lowest BCUT2D eigenvalue weighted by Gasteiger charge is -2.36. The van der Waals surface area contributed by atoms with Crippen molar-refractivity contribution >= 4 is 15.9 Å². The van der Waals surface area contributed by atoms with E-state index in [1.165, 1.54) is 35.7 Å². The van der Waals surface area contributed by atoms with Gasteiger partial charge in [0.2, 0.25) is 15.9 Å². The van der Waals surface area contributed by atoms with E-state index < -0.39 is 10.0 Å². The van der Waals surface area contributed by atoms with Gasteiger partial charge >= 0.3 is 0 Å². The number of nitrogens with zero attached hydrogens (tertiary/aromatic N) is 3. The van der Waals surface area contributed by atoms with Gasteiger partial charge in [0.05, 0.1) is 10.5 Å². The minimum Gasteiger partial charge on any atom is -0.343 e. The molecule has 0 bridgehead atoms. The van der Waals surface area contributed by atoms with E-state index in [9.17, 15) is 18.5 Å². The van der Waals surface area contributed by atoms with Crippen molar-refractivity contribution in [3.8, 4) is 6.07 Å². The lowest BCUT2D eigenvalue weighted by atomic mass is 9.91. The van der Waals surface area contributed by atoms with Gasteiger partial charge in [0.15, 0.2) is 0 Å². The van der Waals surface area contributed by atoms with Crippen LogP contribution in [0.5, 0.6) is 0 Å². The van der Waals surface area contributed by atoms with Crippen LogP contribution in [0.4, 0.5) is 0 Å². The molecule has 0 unspecified atom stereocenters. The van der Waals surface area contributed by atoms with E-state index in [1.54, 1.807) is 12.1 Å². The molecule has 1 amide bonds. The summed E-state index contributed by atoms with van der Waals surface area (Å²) in [5, 5.41) is 9.20. The van der Waals surface area contributed by atoms with Crippen LogP contribution in [0.1, 0.15) is 50.5 Å². The summed E-state index contributed by atoms with van der Waals surface area (Å²) in [6.07, 6.45) is 6.81. The summed E-state index contributed by atoms with van der Waals surface area (Å²) >= 11 is 0. The van der Waals surface area contributed by atoms with Gasteiger partial charge in [-0.3, -0.25) is 4.79 Å². The van der Waals surface area contributed by atoms with E-state index in [1.807, 2.05) is 18.0 Å². The van der Waals surface area contributed by atoms with Gasteiger partial charge < -0.3 is 4.90 Å². The zero-order valence-electron chi connectivity index (χ0n) is 15.8. The third-order valence-corrected chi connectivity index (χ3v) is 7.86. The number of carbonyl (C=O) groups is 1. The molecule has 6 nitrogen and oxygen atoms in total. The third kappa shape index (κ3) is 4.17. The van der Waals surface area contributed by atoms with Crippen molar-refractivity contribution in [2.75, 3.05) is 20.1 Å². The van der Waals surface area contributed by atoms with E-state index in [0.717, 1.165) is 12.8 Å². The van der Waals surface area contributed by atoms with Crippen LogP contribution in [0.2, 0.25) is 0 Å². The van der Waals surface area contributed by atoms with E-state index in [2.05, 4.69) is 0 Å². The summed E-state index contributed by atoms with van der Waals surface area (Å²) in [6, 6.07) is 8.56. The van der Waals surface area contributed by atoms with Crippen LogP contribution in [0.3, 0.4) is 0 Å². The van der Waals surface area contributed by atoms with E-state index in [-0.39, 0.29) is 22.3 Å². The van der Waals surface area contributed by atoms with Gasteiger partial charge in [-0.2, -0.15) is 9.57 Å². The molecule has 2 aliphatic rings. The van der Waals surface area contributed by atoms with Gasteiger partial charge in [-0.25, -0.2) is 8.42 Å². The Morgan fingerprint density at radius 3 is 2.37 bits per heavy atom. The zero-order chi connectivity index (χ0) is 19.4. The highest BCUT2D eigenvalue weighted by molar-refractivity contribution is 7.89. The van der Waals surface area contributed by atoms with Gasteiger partial charge in [-0.15, -0.1) is 0 Å². The Kier molecular flexibility index (Phi) is 6.18. The fraction of sp³-hybridized carbons (Fsp3) is 0.600. The number of hydrogen-bond donors (Lipinski definition) is 0. The van der Waals surface area contributed by atoms with Crippen molar-refractivity contribution in [3.63, 3.8) is 0 Å². The number of hydrogen-bond acceptors (Lipinski definition) is 4. The fourth-order valence-electron chi connectivity index (χ4n) is 4.20. The quantitative estimate of drug-likeness (QED) is 0.793. The average molecular weight is 390 g/mol. The van der Waals surface area contributed by atoms with Crippen LogP contribution in [-0.4, -0.2) is 49.7 Å². The van der Waals surface area contributed by atoms with Crippen LogP contribution in [0, 0.1) is 17.2 Å². The first kappa shape index (κ1) is 19.8. The molecule has 3 rings (SSSR count). The summed E-state index contributed by atoms with van der Waals surface area (Å²) in [5.41, 5.74) is 0.160. The number of sulfonamides is 1. The van der Waals surface area contributed by atoms with Crippen molar-refractivity contribution in [3.05, 3.63) is 29.8 Å². The van der Waals surface area contributed by atoms with E-state index in [0.29, 0.717) is 32.0 Å². The van der Waals surface area contributed by atoms with Gasteiger partial charge in [-0.05, 0) is 37.8 Å². The summed E-state index contributed by atoms with van der Waals surface area (Å²) in [6.45, 7) is 0.633. The van der Waals surface area contributed by atoms with Gasteiger partial charge in [0.25, 0.3) is 0 Å². The number of benzene rings is 1. The standard InChI is InChI=1S/C20H27N3O3S/c1-22(18-8-3-2-4-9-18)20(24)16-11-13-23(14-12-16)27(25,26)19-10-6-5-7-17(19)15-21/h5-7,10,16,18H,2-4,8-9,11-14H2,1H3. The van der Waals surface area contributed by atoms with Gasteiger partial charge in [0, 0.05) is 32.1 Å². The Morgan fingerprint density at radius 1 is 1.11 bits per heavy atom. The molecule has 0 N–H and O–H groups in total. The molecule has 1 aliphatic heterocycles. The monoisotopic (exact) mass is 389 g/mol. The molecular formula is C20H27N3O3S. The van der Waals surface area contributed by atoms with E-state index >= 15 is 0 Å². The van der Waals surface area contributed by atoms with Crippen LogP contribution in [0.25, 0.3) is 0 Å². The first-order valence-electron chi connectivity index (χ1n) is 9.71. The highest BCUT2D eigenvalue weighted by atomic mass is 32.2. The second kappa shape index (κ2) is 8.41. The lowest BCUT2D eigenvalue weighted by molar-refractivity contribution is -0.138. The molecule has 0 aromatic heterocycles. The van der Waals surface area contributed by atoms with Gasteiger partial charge in [0.1, 0.15) is 6.07 Å². The topological polar surface area (TPSA) is 81.5 Å². The number of rotatable bonds is 4. The summed E-state index contributed by atoms with van der Waals surface area (Å²) in [4.78, 5) is 14.8. The second-order valence-electron chi connectivity index (χ2n) is 7.53. The molecule has 1 aliphatic carbocycles. The molecule has 1 aromatic rings. The number of carbonyl (C=O) groups excluding carboxylic acids is 1. The molecule has 1 aromatic carbocycles. The largest absolute Gasteiger partial charge is 0.343 e. The Labute approximate surface area is 161 Å². The zero-order valence-corrected chi connectivity index (χ0v) is 16.6. The smallest absolute Gasteiger partial charge is 0.244 e. The molecule has 27 heavy (non-hydrogen) atoms. The molecule has 0 spiro atoms. The second-order valence-corrected chi connectivity index (χ2v) is 9.43. The Hall–Kier alpha value is -1.91. The molecule has 2 fully saturated rings. The number of piperidine rings is 1. The van der Waals surface area contributed by atoms with Crippen LogP contribution < -0.4 is 0 Å². The summed E-state index contributed by atoms with van der Waals surface area (Å²) < 4.78 is 27.2. The molecule has 1 saturated heterocycles. The Bertz CT molecular complexity index is 817. The average Bonchev–Trinajstić information content (AvgIpc) is 2.73. The van der Waals surface area contributed by atoms with Crippen LogP contribution >= 0.6 is 0 Å². The molecule has 7 heteroatoms. The number of amides is 1. The Balaban J connectivity index is 1.64. The van der Waals surface area contributed by atoms with Crippen molar-refractivity contribution in [2.45, 2.75) is 55.9 Å². The summed E-state index contributed by atoms with van der Waals surface area (Å²) in [7, 11) is -1.82. The third-order valence-electron chi connectivity index (χ3n) is 5.90. The Morgan fingerprint density at radius 2 is 1.74 bits per heavy atom. The molecule has 146 valence electrons. The van der Waals surface area contributed by atoms with Crippen LogP contribution in [0.15, 0.2) is 29.2 Å². The number of nitriles is 1. The summed E-state index contributed by atoms with van der Waals surface area (Å²) in [5.74, 6) is 0.0333. The fourth-order valence-corrected chi connectivity index (χ4v) is 5.81. The van der Waals surface area contributed by atoms with Gasteiger partial charge in [-0.1, -0.05) is 31.4 Å². The maximum absolute atomic E-state index is 12.9. The predicted molar refractivity (Wildman–Crippen MR) is 102 cm³/mol. The minimum absolute atomic E-state index is 0.0524. The first-order valence-corrected chi connectivity index (χ1v) is 11.1. The van der Waals surface area contributed by atoms with Crippen molar-refractivity contribution in [1.82, 2.24) is 9.21 Å². The maximum atomic E-state index is 12.9. The van der Waals surface area contributed by atoms with Crippen molar-refractivity contribution in [2.24, 2.45) is 5.92 Å². The molecular weight excluding hydrogens is 362 g/mol. The molecule has 1 saturated carbocycles. The van der Waals surface area contributed by atoms with E-state index in [4.69, 9.17) is 0 Å². The predicted octanol–water partition coefficient (Wildman–Crippen LogP) is 2.75. The van der Waals surface area contributed by atoms with Crippen molar-refractivity contribution < 1.29 is 13.2 Å². The highest BCUT2D eigenvalue weighted by Crippen LogP contribution is 2.28. The molecule has 1 heterocycles. The normalized spacial score (nSPS) is 20.1. The molecule has 0 radical (unpaired) electrons. The first-order chi connectivity index (χ1) is 12.9. The highest BCUT2D eigenvalue weighted by Gasteiger charge is 2.35. The SMILES string of the molecule is CN(C(=O)C1CCN(S(=O)(=O)c2ccccc2C#N)CC1)C1CCCCC1. The van der Waals surface area contributed by atoms with Crippen LogP contribution in [-0.2, 0) is 14.8 Å². The molecule has 0 atom stereocenters. The minimum atomic E-state index is -3.71. The maximum Gasteiger partial charge on any atom is 0.244 e. The van der Waals surface area contributed by atoms with Crippen molar-refractivity contribution in [1.29, 1.82) is 5.26 Å². The lowest BCUT2D eigenvalue weighted by Crippen LogP contribution is -2.46.